The summed E-state index contributed by atoms with van der Waals surface area (Å²) in [6, 6.07) is 12.9. The van der Waals surface area contributed by atoms with Crippen molar-refractivity contribution in [3.05, 3.63) is 58.7 Å². The van der Waals surface area contributed by atoms with Gasteiger partial charge in [0.1, 0.15) is 0 Å². The quantitative estimate of drug-likeness (QED) is 0.309. The van der Waals surface area contributed by atoms with Crippen LogP contribution in [0, 0.1) is 13.8 Å². The second-order valence-corrected chi connectivity index (χ2v) is 8.34. The molecule has 0 aliphatic carbocycles. The van der Waals surface area contributed by atoms with Crippen LogP contribution < -0.4 is 0 Å². The Morgan fingerprint density at radius 3 is 1.72 bits per heavy atom. The van der Waals surface area contributed by atoms with Gasteiger partial charge in [0, 0.05) is 16.5 Å². The molecule has 0 saturated carbocycles. The Morgan fingerprint density at radius 1 is 0.793 bits per heavy atom. The molecule has 0 unspecified atom stereocenters. The topological polar surface area (TPSA) is 24.7 Å². The predicted molar refractivity (Wildman–Crippen MR) is 125 cm³/mol. The van der Waals surface area contributed by atoms with Crippen LogP contribution in [-0.2, 0) is 16.5 Å². The fourth-order valence-electron chi connectivity index (χ4n) is 3.54. The van der Waals surface area contributed by atoms with E-state index in [1.807, 2.05) is 0 Å². The third kappa shape index (κ3) is 6.38. The summed E-state index contributed by atoms with van der Waals surface area (Å²) in [5.74, 6) is 0.882. The summed E-state index contributed by atoms with van der Waals surface area (Å²) in [5, 5.41) is 0. The minimum absolute atomic E-state index is 0. The van der Waals surface area contributed by atoms with E-state index in [9.17, 15) is 0 Å². The molecule has 3 heteroatoms. The standard InChI is InChI=1S/C26H36N2.Ni/c1-9-12-24(21(8)27-25-19(6)13-10-14-20(25)7)28-26-22(17(2)3)15-11-16-23(26)18(4)5;/h10-11,13-18H,9,12H2,1-8H3;. The van der Waals surface area contributed by atoms with Crippen molar-refractivity contribution in [2.24, 2.45) is 9.98 Å². The third-order valence-corrected chi connectivity index (χ3v) is 5.21. The minimum atomic E-state index is 0. The first-order valence-electron chi connectivity index (χ1n) is 10.6. The largest absolute Gasteiger partial charge is 0.251 e. The number of hydrogen-bond donors (Lipinski definition) is 0. The second kappa shape index (κ2) is 11.5. The average molecular weight is 435 g/mol. The van der Waals surface area contributed by atoms with Crippen molar-refractivity contribution in [1.29, 1.82) is 0 Å². The Labute approximate surface area is 187 Å². The summed E-state index contributed by atoms with van der Waals surface area (Å²) in [6.45, 7) is 17.5. The van der Waals surface area contributed by atoms with E-state index in [1.54, 1.807) is 0 Å². The molecule has 0 heterocycles. The molecule has 2 nitrogen and oxygen atoms in total. The molecule has 0 bridgehead atoms. The zero-order valence-corrected chi connectivity index (χ0v) is 20.2. The van der Waals surface area contributed by atoms with E-state index in [0.29, 0.717) is 11.8 Å². The van der Waals surface area contributed by atoms with Crippen molar-refractivity contribution < 1.29 is 16.5 Å². The summed E-state index contributed by atoms with van der Waals surface area (Å²) in [6.07, 6.45) is 1.99. The summed E-state index contributed by atoms with van der Waals surface area (Å²) in [7, 11) is 0. The number of nitrogens with zero attached hydrogens (tertiary/aromatic N) is 2. The van der Waals surface area contributed by atoms with E-state index in [0.717, 1.165) is 35.6 Å². The summed E-state index contributed by atoms with van der Waals surface area (Å²) >= 11 is 0. The van der Waals surface area contributed by atoms with Crippen LogP contribution in [0.1, 0.15) is 88.5 Å². The van der Waals surface area contributed by atoms with E-state index >= 15 is 0 Å². The Kier molecular flexibility index (Phi) is 10.00. The van der Waals surface area contributed by atoms with E-state index in [-0.39, 0.29) is 16.5 Å². The smallest absolute Gasteiger partial charge is 0.0702 e. The van der Waals surface area contributed by atoms with Crippen molar-refractivity contribution >= 4 is 22.8 Å². The van der Waals surface area contributed by atoms with Crippen molar-refractivity contribution in [2.75, 3.05) is 0 Å². The first-order chi connectivity index (χ1) is 13.3. The molecule has 29 heavy (non-hydrogen) atoms. The summed E-state index contributed by atoms with van der Waals surface area (Å²) < 4.78 is 0. The third-order valence-electron chi connectivity index (χ3n) is 5.21. The van der Waals surface area contributed by atoms with Crippen molar-refractivity contribution in [1.82, 2.24) is 0 Å². The fraction of sp³-hybridized carbons (Fsp3) is 0.462. The monoisotopic (exact) mass is 434 g/mol. The van der Waals surface area contributed by atoms with E-state index in [2.05, 4.69) is 91.8 Å². The van der Waals surface area contributed by atoms with E-state index < -0.39 is 0 Å². The molecule has 2 aromatic rings. The number of aryl methyl sites for hydroxylation is 2. The molecule has 0 radical (unpaired) electrons. The first-order valence-corrected chi connectivity index (χ1v) is 10.6. The number of para-hydroxylation sites is 2. The van der Waals surface area contributed by atoms with Crippen molar-refractivity contribution in [2.45, 2.75) is 80.1 Å². The normalized spacial score (nSPS) is 12.5. The molecule has 0 aliphatic rings. The molecule has 0 aromatic heterocycles. The van der Waals surface area contributed by atoms with Gasteiger partial charge in [0.15, 0.2) is 0 Å². The van der Waals surface area contributed by atoms with Gasteiger partial charge in [-0.25, -0.2) is 0 Å². The molecule has 0 N–H and O–H groups in total. The van der Waals surface area contributed by atoms with E-state index in [4.69, 9.17) is 9.98 Å². The molecule has 0 aliphatic heterocycles. The Hall–Kier alpha value is -1.73. The zero-order valence-electron chi connectivity index (χ0n) is 19.2. The summed E-state index contributed by atoms with van der Waals surface area (Å²) in [5.41, 5.74) is 9.39. The van der Waals surface area contributed by atoms with Crippen LogP contribution in [-0.4, -0.2) is 11.4 Å². The maximum atomic E-state index is 5.23. The van der Waals surface area contributed by atoms with Crippen molar-refractivity contribution in [3.8, 4) is 0 Å². The number of aliphatic imine (C=N–C) groups is 2. The Balaban J connectivity index is 0.00000420. The van der Waals surface area contributed by atoms with Gasteiger partial charge < -0.3 is 0 Å². The van der Waals surface area contributed by atoms with Gasteiger partial charge in [0.2, 0.25) is 0 Å². The van der Waals surface area contributed by atoms with Crippen LogP contribution in [0.15, 0.2) is 46.4 Å². The van der Waals surface area contributed by atoms with Crippen LogP contribution in [0.4, 0.5) is 11.4 Å². The fourth-order valence-corrected chi connectivity index (χ4v) is 3.54. The summed E-state index contributed by atoms with van der Waals surface area (Å²) in [4.78, 5) is 10.2. The molecule has 2 rings (SSSR count). The Morgan fingerprint density at radius 2 is 1.28 bits per heavy atom. The molecule has 0 fully saturated rings. The zero-order chi connectivity index (χ0) is 20.8. The van der Waals surface area contributed by atoms with Gasteiger partial charge in [-0.1, -0.05) is 77.4 Å². The molecule has 160 valence electrons. The van der Waals surface area contributed by atoms with Crippen LogP contribution in [0.2, 0.25) is 0 Å². The van der Waals surface area contributed by atoms with Crippen LogP contribution in [0.3, 0.4) is 0 Å². The number of hydrogen-bond acceptors (Lipinski definition) is 2. The van der Waals surface area contributed by atoms with Crippen LogP contribution in [0.5, 0.6) is 0 Å². The molecule has 0 spiro atoms. The maximum Gasteiger partial charge on any atom is 0.0702 e. The first kappa shape index (κ1) is 25.3. The molecule has 0 atom stereocenters. The number of benzene rings is 2. The molecule has 2 aromatic carbocycles. The van der Waals surface area contributed by atoms with Gasteiger partial charge in [0.05, 0.1) is 22.8 Å². The maximum absolute atomic E-state index is 5.23. The molecule has 0 amide bonds. The second-order valence-electron chi connectivity index (χ2n) is 8.34. The number of rotatable bonds is 7. The van der Waals surface area contributed by atoms with Gasteiger partial charge in [-0.15, -0.1) is 0 Å². The molecular weight excluding hydrogens is 399 g/mol. The van der Waals surface area contributed by atoms with Crippen LogP contribution in [0.25, 0.3) is 0 Å². The Bertz CT molecular complexity index is 830. The predicted octanol–water partition coefficient (Wildman–Crippen LogP) is 8.21. The van der Waals surface area contributed by atoms with Gasteiger partial charge in [-0.05, 0) is 61.3 Å². The minimum Gasteiger partial charge on any atom is -0.251 e. The van der Waals surface area contributed by atoms with Gasteiger partial charge in [0.25, 0.3) is 0 Å². The van der Waals surface area contributed by atoms with E-state index in [1.165, 1.54) is 22.3 Å². The van der Waals surface area contributed by atoms with Crippen molar-refractivity contribution in [3.63, 3.8) is 0 Å². The van der Waals surface area contributed by atoms with Gasteiger partial charge in [-0.2, -0.15) is 0 Å². The van der Waals surface area contributed by atoms with Gasteiger partial charge in [-0.3, -0.25) is 9.98 Å². The average Bonchev–Trinajstić information content (AvgIpc) is 2.64. The van der Waals surface area contributed by atoms with Crippen LogP contribution >= 0.6 is 0 Å². The SMILES string of the molecule is CCCC(=Nc1c(C(C)C)cccc1C(C)C)C(C)=Nc1c(C)cccc1C.[Ni]. The van der Waals surface area contributed by atoms with Gasteiger partial charge >= 0.3 is 0 Å². The molecule has 0 saturated heterocycles. The molecular formula is C26H36N2Ni.